The van der Waals surface area contributed by atoms with Gasteiger partial charge in [-0.25, -0.2) is 0 Å². The first kappa shape index (κ1) is 26.8. The lowest BCUT2D eigenvalue weighted by molar-refractivity contribution is -0.160. The van der Waals surface area contributed by atoms with E-state index in [1.807, 2.05) is 6.08 Å². The average molecular weight is 524 g/mol. The van der Waals surface area contributed by atoms with E-state index < -0.39 is 0 Å². The lowest BCUT2D eigenvalue weighted by atomic mass is 9.47. The molecule has 4 aliphatic carbocycles. The Kier molecular flexibility index (Phi) is 7.31. The third-order valence-electron chi connectivity index (χ3n) is 10.5. The summed E-state index contributed by atoms with van der Waals surface area (Å²) in [6.07, 6.45) is 10.4. The maximum atomic E-state index is 12.7. The summed E-state index contributed by atoms with van der Waals surface area (Å²) in [6.45, 7) is 5.08. The molecular formula is C31H41NO6. The molecule has 3 fully saturated rings. The minimum atomic E-state index is -0.302. The van der Waals surface area contributed by atoms with E-state index in [9.17, 15) is 24.6 Å². The molecule has 6 atom stereocenters. The number of rotatable bonds is 7. The third-order valence-corrected chi connectivity index (χ3v) is 10.5. The molecule has 1 aromatic carbocycles. The second kappa shape index (κ2) is 10.4. The summed E-state index contributed by atoms with van der Waals surface area (Å²) in [7, 11) is 0. The Morgan fingerprint density at radius 2 is 1.82 bits per heavy atom. The Labute approximate surface area is 225 Å². The predicted molar refractivity (Wildman–Crippen MR) is 142 cm³/mol. The normalized spacial score (nSPS) is 33.9. The summed E-state index contributed by atoms with van der Waals surface area (Å²) in [4.78, 5) is 37.1. The molecule has 0 saturated heterocycles. The molecule has 0 bridgehead atoms. The Morgan fingerprint density at radius 3 is 2.61 bits per heavy atom. The predicted octanol–water partition coefficient (Wildman–Crippen LogP) is 4.98. The van der Waals surface area contributed by atoms with Crippen LogP contribution in [0, 0.1) is 28.6 Å². The average Bonchev–Trinajstić information content (AvgIpc) is 3.21. The highest BCUT2D eigenvalue weighted by Gasteiger charge is 2.59. The molecule has 6 unspecified atom stereocenters. The van der Waals surface area contributed by atoms with Crippen LogP contribution in [0.2, 0.25) is 0 Å². The molecule has 7 heteroatoms. The van der Waals surface area contributed by atoms with Crippen molar-refractivity contribution in [3.05, 3.63) is 35.4 Å². The second-order valence-corrected chi connectivity index (χ2v) is 12.5. The van der Waals surface area contributed by atoms with Gasteiger partial charge in [0.2, 0.25) is 5.91 Å². The van der Waals surface area contributed by atoms with E-state index in [4.69, 9.17) is 4.74 Å². The van der Waals surface area contributed by atoms with Gasteiger partial charge < -0.3 is 20.3 Å². The van der Waals surface area contributed by atoms with Gasteiger partial charge in [-0.15, -0.1) is 0 Å². The maximum Gasteiger partial charge on any atom is 0.306 e. The topological polar surface area (TPSA) is 113 Å². The molecule has 206 valence electrons. The van der Waals surface area contributed by atoms with Gasteiger partial charge in [0, 0.05) is 24.8 Å². The first-order chi connectivity index (χ1) is 18.1. The zero-order valence-corrected chi connectivity index (χ0v) is 22.6. The number of benzene rings is 1. The highest BCUT2D eigenvalue weighted by atomic mass is 16.5. The number of carbonyl (C=O) groups excluding carboxylic acids is 3. The van der Waals surface area contributed by atoms with Crippen LogP contribution in [0.4, 0.5) is 0 Å². The number of fused-ring (bicyclic) bond motifs is 5. The molecule has 0 spiro atoms. The number of phenolic OH excluding ortho intramolecular Hbond substituents is 2. The lowest BCUT2D eigenvalue weighted by Crippen LogP contribution is -2.51. The minimum absolute atomic E-state index is 0.0170. The summed E-state index contributed by atoms with van der Waals surface area (Å²) in [6, 6.07) is 4.59. The van der Waals surface area contributed by atoms with Gasteiger partial charge in [0.1, 0.15) is 6.10 Å². The standard InChI is InChI=1S/C31H41NO6/c1-30-14-11-21(33)18-20(30)4-5-22-23-6-8-27(31(23,2)15-12-24(22)30)38-29(37)10-9-28(36)32-16-13-19-3-7-25(34)26(35)17-19/h3,7,17-18,22-24,27,34-35H,4-6,8-16H2,1-2H3,(H,32,36). The fourth-order valence-corrected chi connectivity index (χ4v) is 8.30. The summed E-state index contributed by atoms with van der Waals surface area (Å²) >= 11 is 0. The maximum absolute atomic E-state index is 12.7. The number of allylic oxidation sites excluding steroid dienone is 1. The zero-order chi connectivity index (χ0) is 27.1. The van der Waals surface area contributed by atoms with Crippen molar-refractivity contribution in [1.29, 1.82) is 0 Å². The molecule has 0 aromatic heterocycles. The number of ketones is 1. The fraction of sp³-hybridized carbons (Fsp3) is 0.645. The van der Waals surface area contributed by atoms with Crippen molar-refractivity contribution in [2.75, 3.05) is 6.54 Å². The number of ether oxygens (including phenoxy) is 1. The van der Waals surface area contributed by atoms with E-state index >= 15 is 0 Å². The van der Waals surface area contributed by atoms with Crippen molar-refractivity contribution in [2.45, 2.75) is 90.6 Å². The van der Waals surface area contributed by atoms with Crippen LogP contribution < -0.4 is 5.32 Å². The molecule has 0 aliphatic heterocycles. The number of carbonyl (C=O) groups is 3. The number of hydrogen-bond acceptors (Lipinski definition) is 6. The molecule has 3 N–H and O–H groups in total. The van der Waals surface area contributed by atoms with Gasteiger partial charge in [-0.1, -0.05) is 25.5 Å². The van der Waals surface area contributed by atoms with Crippen molar-refractivity contribution >= 4 is 17.7 Å². The van der Waals surface area contributed by atoms with Crippen molar-refractivity contribution in [1.82, 2.24) is 5.32 Å². The zero-order valence-electron chi connectivity index (χ0n) is 22.6. The summed E-state index contributed by atoms with van der Waals surface area (Å²) in [5.74, 6) is 1.20. The van der Waals surface area contributed by atoms with Crippen LogP contribution in [-0.2, 0) is 25.5 Å². The van der Waals surface area contributed by atoms with Gasteiger partial charge >= 0.3 is 5.97 Å². The van der Waals surface area contributed by atoms with Crippen molar-refractivity contribution < 1.29 is 29.3 Å². The van der Waals surface area contributed by atoms with Crippen LogP contribution in [0.5, 0.6) is 11.5 Å². The molecule has 5 rings (SSSR count). The number of esters is 1. The summed E-state index contributed by atoms with van der Waals surface area (Å²) < 4.78 is 6.03. The van der Waals surface area contributed by atoms with Gasteiger partial charge in [-0.2, -0.15) is 0 Å². The second-order valence-electron chi connectivity index (χ2n) is 12.5. The Morgan fingerprint density at radius 1 is 1.00 bits per heavy atom. The molecule has 3 saturated carbocycles. The van der Waals surface area contributed by atoms with Crippen molar-refractivity contribution in [2.24, 2.45) is 28.6 Å². The van der Waals surface area contributed by atoms with Crippen LogP contribution >= 0.6 is 0 Å². The van der Waals surface area contributed by atoms with Crippen LogP contribution in [-0.4, -0.2) is 40.5 Å². The van der Waals surface area contributed by atoms with Crippen LogP contribution in [0.1, 0.15) is 83.6 Å². The fourth-order valence-electron chi connectivity index (χ4n) is 8.30. The van der Waals surface area contributed by atoms with E-state index in [2.05, 4.69) is 19.2 Å². The number of nitrogens with one attached hydrogen (secondary N) is 1. The van der Waals surface area contributed by atoms with E-state index in [0.717, 1.165) is 50.5 Å². The number of amides is 1. The Bertz CT molecular complexity index is 1140. The van der Waals surface area contributed by atoms with E-state index in [0.29, 0.717) is 37.1 Å². The number of phenols is 2. The van der Waals surface area contributed by atoms with Crippen molar-refractivity contribution in [3.8, 4) is 11.5 Å². The third kappa shape index (κ3) is 4.96. The van der Waals surface area contributed by atoms with E-state index in [1.165, 1.54) is 17.7 Å². The van der Waals surface area contributed by atoms with Crippen LogP contribution in [0.25, 0.3) is 0 Å². The highest BCUT2D eigenvalue weighted by molar-refractivity contribution is 5.91. The summed E-state index contributed by atoms with van der Waals surface area (Å²) in [5.41, 5.74) is 2.30. The molecule has 1 aromatic rings. The van der Waals surface area contributed by atoms with Crippen LogP contribution in [0.3, 0.4) is 0 Å². The van der Waals surface area contributed by atoms with Gasteiger partial charge in [0.15, 0.2) is 17.3 Å². The lowest BCUT2D eigenvalue weighted by Gasteiger charge is -2.57. The van der Waals surface area contributed by atoms with Crippen LogP contribution in [0.15, 0.2) is 29.8 Å². The van der Waals surface area contributed by atoms with E-state index in [-0.39, 0.29) is 58.9 Å². The molecule has 0 heterocycles. The Hall–Kier alpha value is -2.83. The highest BCUT2D eigenvalue weighted by Crippen LogP contribution is 2.65. The smallest absolute Gasteiger partial charge is 0.306 e. The number of hydrogen-bond donors (Lipinski definition) is 3. The van der Waals surface area contributed by atoms with Gasteiger partial charge in [-0.3, -0.25) is 14.4 Å². The van der Waals surface area contributed by atoms with Gasteiger partial charge in [0.25, 0.3) is 0 Å². The first-order valence-corrected chi connectivity index (χ1v) is 14.3. The monoisotopic (exact) mass is 523 g/mol. The largest absolute Gasteiger partial charge is 0.504 e. The van der Waals surface area contributed by atoms with E-state index in [1.54, 1.807) is 6.07 Å². The van der Waals surface area contributed by atoms with Gasteiger partial charge in [-0.05, 0) is 98.3 Å². The van der Waals surface area contributed by atoms with Gasteiger partial charge in [0.05, 0.1) is 6.42 Å². The molecule has 38 heavy (non-hydrogen) atoms. The minimum Gasteiger partial charge on any atom is -0.504 e. The first-order valence-electron chi connectivity index (χ1n) is 14.3. The molecule has 0 radical (unpaired) electrons. The SMILES string of the molecule is CC12CCC(=O)C=C1CCC1C2CCC2(C)C(OC(=O)CCC(=O)NCCc3ccc(O)c(O)c3)CCC12. The molecule has 7 nitrogen and oxygen atoms in total. The quantitative estimate of drug-likeness (QED) is 0.343. The molecular weight excluding hydrogens is 482 g/mol. The molecule has 1 amide bonds. The number of aromatic hydroxyl groups is 2. The summed E-state index contributed by atoms with van der Waals surface area (Å²) in [5, 5.41) is 21.8. The molecule has 4 aliphatic rings. The van der Waals surface area contributed by atoms with Crippen molar-refractivity contribution in [3.63, 3.8) is 0 Å². The Balaban J connectivity index is 1.10.